The number of ether oxygens (including phenoxy) is 2. The average Bonchev–Trinajstić information content (AvgIpc) is 3.70. The molecular weight excluding hydrogens is 1210 g/mol. The van der Waals surface area contributed by atoms with Crippen molar-refractivity contribution < 1.29 is 126 Å². The molecule has 0 spiro atoms. The quantitative estimate of drug-likeness (QED) is 0.154. The molecule has 11 nitrogen and oxygen atoms in total. The third-order valence-corrected chi connectivity index (χ3v) is 13.9. The molecule has 4 N–H and O–H groups in total. The molecule has 6 rings (SSSR count). The Kier molecular flexibility index (Phi) is 17.1. The fourth-order valence-corrected chi connectivity index (χ4v) is 8.82. The minimum absolute atomic E-state index is 0. The molecule has 4 aromatic rings. The van der Waals surface area contributed by atoms with E-state index >= 15 is 0 Å². The molecule has 0 amide bonds. The van der Waals surface area contributed by atoms with Crippen LogP contribution in [-0.2, 0) is 122 Å². The van der Waals surface area contributed by atoms with E-state index in [1.54, 1.807) is 16.8 Å². The smallest absolute Gasteiger partial charge is 0 e. The number of halogens is 3. The first-order valence-corrected chi connectivity index (χ1v) is 28.2. The van der Waals surface area contributed by atoms with Crippen LogP contribution in [0.5, 0.6) is 0 Å². The summed E-state index contributed by atoms with van der Waals surface area (Å²) in [7, 11) is 0. The van der Waals surface area contributed by atoms with E-state index in [1.165, 1.54) is 50.1 Å². The van der Waals surface area contributed by atoms with E-state index in [1.807, 2.05) is 37.6 Å². The first kappa shape index (κ1) is 45.1. The molecule has 264 valence electrons. The largest absolute Gasteiger partial charge is 0 e. The Hall–Kier alpha value is 1.70. The number of rotatable bonds is 8. The van der Waals surface area contributed by atoms with Crippen molar-refractivity contribution in [2.45, 2.75) is 62.1 Å². The van der Waals surface area contributed by atoms with Crippen LogP contribution in [0.1, 0.15) is 40.2 Å². The predicted molar refractivity (Wildman–Crippen MR) is 181 cm³/mol. The molecule has 0 bridgehead atoms. The van der Waals surface area contributed by atoms with E-state index in [0.717, 1.165) is 11.0 Å². The van der Waals surface area contributed by atoms with Gasteiger partial charge in [-0.15, -0.1) is 0 Å². The van der Waals surface area contributed by atoms with Crippen molar-refractivity contribution in [3.63, 3.8) is 0 Å². The van der Waals surface area contributed by atoms with Crippen LogP contribution in [0.15, 0.2) is 37.1 Å². The van der Waals surface area contributed by atoms with Crippen LogP contribution in [0.25, 0.3) is 22.1 Å². The molecule has 20 heteroatoms. The van der Waals surface area contributed by atoms with Crippen molar-refractivity contribution >= 4 is 68.3 Å². The SMILES string of the molecule is C[C@@H]1[C@@H](CO[PH](C)=[W])O[C@@H](n2cc(F)c3c(N)ccnc32)[C@]1(C)Cl.C[C@@H]1[C@@H](CO[PH](C)=[W])O[C@@H](n2ccc3c(N)ncnc32)[C@]1(C)Cl.[Y].[Y]. The van der Waals surface area contributed by atoms with Gasteiger partial charge in [-0.05, 0) is 0 Å². The van der Waals surface area contributed by atoms with Crippen LogP contribution < -0.4 is 11.5 Å². The van der Waals surface area contributed by atoms with E-state index in [0.29, 0.717) is 35.8 Å². The van der Waals surface area contributed by atoms with Crippen LogP contribution in [0.2, 0.25) is 0 Å². The molecule has 10 atom stereocenters. The third kappa shape index (κ3) is 9.57. The van der Waals surface area contributed by atoms with Gasteiger partial charge in [0.2, 0.25) is 0 Å². The van der Waals surface area contributed by atoms with E-state index in [4.69, 9.17) is 53.2 Å². The Bertz CT molecular complexity index is 1820. The van der Waals surface area contributed by atoms with Gasteiger partial charge in [0.25, 0.3) is 0 Å². The summed E-state index contributed by atoms with van der Waals surface area (Å²) in [5.74, 6) is -1.17. The maximum absolute atomic E-state index is 14.4. The summed E-state index contributed by atoms with van der Waals surface area (Å²) in [6.07, 6.45) is 5.27. The number of pyridine rings is 1. The first-order valence-electron chi connectivity index (χ1n) is 15.0. The second-order valence-corrected chi connectivity index (χ2v) is 28.8. The fraction of sp³-hybridized carbons (Fsp3) is 0.552. The van der Waals surface area contributed by atoms with E-state index in [2.05, 4.69) is 35.2 Å². The third-order valence-electron chi connectivity index (χ3n) is 9.12. The molecule has 2 unspecified atom stereocenters. The first-order chi connectivity index (χ1) is 22.0. The van der Waals surface area contributed by atoms with Gasteiger partial charge in [0.05, 0.1) is 0 Å². The Balaban J connectivity index is 0.000000255. The van der Waals surface area contributed by atoms with Crippen LogP contribution in [0.4, 0.5) is 15.9 Å². The molecular formula is C29H40Cl2FN7O4P2W2Y2. The number of anilines is 2. The van der Waals surface area contributed by atoms with Crippen molar-refractivity contribution in [2.24, 2.45) is 11.8 Å². The van der Waals surface area contributed by atoms with E-state index in [-0.39, 0.29) is 95.7 Å². The van der Waals surface area contributed by atoms with E-state index < -0.39 is 33.4 Å². The Morgan fingerprint density at radius 3 is 1.96 bits per heavy atom. The topological polar surface area (TPSA) is 137 Å². The number of nitrogen functional groups attached to an aromatic ring is 2. The molecule has 4 aromatic heterocycles. The number of nitrogens with zero attached hydrogens (tertiary/aromatic N) is 5. The summed E-state index contributed by atoms with van der Waals surface area (Å²) in [6, 6.07) is 3.48. The predicted octanol–water partition coefficient (Wildman–Crippen LogP) is 6.30. The second kappa shape index (κ2) is 18.6. The molecule has 0 aromatic carbocycles. The van der Waals surface area contributed by atoms with Crippen LogP contribution >= 0.6 is 34.8 Å². The second-order valence-electron chi connectivity index (χ2n) is 12.2. The zero-order valence-corrected chi connectivity index (χ0v) is 43.0. The molecule has 6 heterocycles. The Labute approximate surface area is 368 Å². The normalized spacial score (nSPS) is 30.7. The summed E-state index contributed by atoms with van der Waals surface area (Å²) >= 11 is 16.6. The van der Waals surface area contributed by atoms with Gasteiger partial charge in [0.1, 0.15) is 0 Å². The van der Waals surface area contributed by atoms with Crippen molar-refractivity contribution in [3.8, 4) is 0 Å². The average molecular weight is 1250 g/mol. The number of hydrogen-bond acceptors (Lipinski definition) is 9. The molecule has 2 aliphatic heterocycles. The van der Waals surface area contributed by atoms with Crippen LogP contribution in [-0.4, -0.2) is 72.6 Å². The zero-order valence-electron chi connectivity index (χ0n) is 28.0. The molecule has 2 fully saturated rings. The summed E-state index contributed by atoms with van der Waals surface area (Å²) in [5.41, 5.74) is 13.3. The number of nitrogens with two attached hydrogens (primary N) is 2. The van der Waals surface area contributed by atoms with E-state index in [9.17, 15) is 4.39 Å². The molecule has 49 heavy (non-hydrogen) atoms. The molecule has 2 saturated heterocycles. The van der Waals surface area contributed by atoms with Crippen molar-refractivity contribution in [1.29, 1.82) is 0 Å². The van der Waals surface area contributed by atoms with Gasteiger partial charge >= 0.3 is 308 Å². The molecule has 2 radical (unpaired) electrons. The minimum Gasteiger partial charge on any atom is 0 e. The molecule has 0 saturated carbocycles. The van der Waals surface area contributed by atoms with Crippen LogP contribution in [0.3, 0.4) is 0 Å². The number of aromatic nitrogens is 5. The monoisotopic (exact) mass is 1250 g/mol. The summed E-state index contributed by atoms with van der Waals surface area (Å²) in [4.78, 5) is 11.4. The van der Waals surface area contributed by atoms with Gasteiger partial charge in [-0.1, -0.05) is 0 Å². The Morgan fingerprint density at radius 1 is 0.898 bits per heavy atom. The molecule has 0 aliphatic carbocycles. The van der Waals surface area contributed by atoms with Crippen LogP contribution in [0, 0.1) is 17.7 Å². The zero-order chi connectivity index (χ0) is 34.4. The van der Waals surface area contributed by atoms with Crippen molar-refractivity contribution in [2.75, 3.05) is 38.0 Å². The maximum Gasteiger partial charge on any atom is 0 e. The maximum atomic E-state index is 14.4. The van der Waals surface area contributed by atoms with Crippen molar-refractivity contribution in [1.82, 2.24) is 24.1 Å². The standard InChI is InChI=1S/C15H20ClFN3O2P.C14H20ClN4O2P.2W.2Y/c1-8-11(7-21-23-3)22-14(15(8,2)16)20-6-9(17)12-10(18)4-5-19-13(12)20;1-8-10(6-20-22-3)21-13(14(8,2)15)19-5-4-9-11(16)17-7-18-12(9)19;;;;/h4-6,8,11,14,23H,7H2,1-3H3,(H2,18,19);4-5,7-8,10,13,22H,6H2,1-3H3,(H2,16,17,18);;;;/t8-,11-,14-,15-;8-,10-,13-,14-;;;;/m11..../s1. The number of alkyl halides is 2. The van der Waals surface area contributed by atoms with Gasteiger partial charge < -0.3 is 0 Å². The van der Waals surface area contributed by atoms with Crippen molar-refractivity contribution in [3.05, 3.63) is 42.9 Å². The summed E-state index contributed by atoms with van der Waals surface area (Å²) in [6.45, 7) is 13.4. The van der Waals surface area contributed by atoms with Gasteiger partial charge in [0.15, 0.2) is 0 Å². The fourth-order valence-electron chi connectivity index (χ4n) is 5.96. The number of hydrogen-bond donors (Lipinski definition) is 2. The van der Waals surface area contributed by atoms with Gasteiger partial charge in [-0.25, -0.2) is 0 Å². The summed E-state index contributed by atoms with van der Waals surface area (Å²) in [5, 5.41) is 1.12. The minimum atomic E-state index is -0.734. The Morgan fingerprint density at radius 2 is 1.43 bits per heavy atom. The number of fused-ring (bicyclic) bond motifs is 2. The molecule has 2 aliphatic rings. The summed E-state index contributed by atoms with van der Waals surface area (Å²) < 4.78 is 42.1. The van der Waals surface area contributed by atoms with Gasteiger partial charge in [-0.3, -0.25) is 0 Å². The van der Waals surface area contributed by atoms with Gasteiger partial charge in [-0.2, -0.15) is 0 Å². The van der Waals surface area contributed by atoms with Gasteiger partial charge in [0, 0.05) is 65.4 Å².